The molecule has 1 aromatic carbocycles. The predicted octanol–water partition coefficient (Wildman–Crippen LogP) is 3.78. The van der Waals surface area contributed by atoms with Crippen molar-refractivity contribution < 1.29 is 14.3 Å². The summed E-state index contributed by atoms with van der Waals surface area (Å²) in [6, 6.07) is 11.9. The number of thiophene rings is 1. The highest BCUT2D eigenvalue weighted by molar-refractivity contribution is 7.16. The van der Waals surface area contributed by atoms with Crippen molar-refractivity contribution in [3.63, 3.8) is 0 Å². The monoisotopic (exact) mass is 368 g/mol. The fraction of sp³-hybridized carbons (Fsp3) is 0.350. The number of esters is 1. The van der Waals surface area contributed by atoms with Crippen molar-refractivity contribution in [2.75, 3.05) is 11.9 Å². The molecule has 0 aliphatic heterocycles. The van der Waals surface area contributed by atoms with Gasteiger partial charge in [0.25, 0.3) is 5.91 Å². The van der Waals surface area contributed by atoms with Gasteiger partial charge in [-0.3, -0.25) is 9.59 Å². The molecule has 2 aromatic rings. The zero-order valence-corrected chi connectivity index (χ0v) is 15.4. The van der Waals surface area contributed by atoms with Crippen LogP contribution in [0.15, 0.2) is 30.3 Å². The minimum Gasteiger partial charge on any atom is -0.456 e. The van der Waals surface area contributed by atoms with Crippen LogP contribution in [0.1, 0.15) is 47.3 Å². The number of benzene rings is 1. The molecule has 134 valence electrons. The Morgan fingerprint density at radius 3 is 2.81 bits per heavy atom. The van der Waals surface area contributed by atoms with E-state index in [0.717, 1.165) is 30.4 Å². The number of aryl methyl sites for hydroxylation is 1. The third kappa shape index (κ3) is 4.12. The molecule has 1 aliphatic rings. The van der Waals surface area contributed by atoms with Crippen LogP contribution in [0.25, 0.3) is 0 Å². The summed E-state index contributed by atoms with van der Waals surface area (Å²) in [4.78, 5) is 25.2. The fourth-order valence-corrected chi connectivity index (χ4v) is 4.38. The number of fused-ring (bicyclic) bond motifs is 1. The Kier molecular flexibility index (Phi) is 5.69. The molecule has 0 saturated carbocycles. The van der Waals surface area contributed by atoms with Crippen LogP contribution in [-0.4, -0.2) is 18.5 Å². The van der Waals surface area contributed by atoms with Gasteiger partial charge in [0.1, 0.15) is 11.1 Å². The molecule has 1 amide bonds. The lowest BCUT2D eigenvalue weighted by atomic mass is 9.98. The molecular formula is C20H20N2O3S. The third-order valence-electron chi connectivity index (χ3n) is 4.49. The molecular weight excluding hydrogens is 348 g/mol. The second-order valence-corrected chi connectivity index (χ2v) is 7.50. The van der Waals surface area contributed by atoms with Crippen LogP contribution in [0.4, 0.5) is 5.00 Å². The standard InChI is InChI=1S/C20H20N2O3S/c1-13(14-6-3-2-4-7-14)10-19(24)25-12-18(23)22-20-16(11-21)15-8-5-9-17(15)26-20/h2-4,6-7,13H,5,8-10,12H2,1H3,(H,22,23)/t13-/m1/s1. The maximum atomic E-state index is 12.1. The van der Waals surface area contributed by atoms with E-state index in [2.05, 4.69) is 11.4 Å². The zero-order chi connectivity index (χ0) is 18.5. The maximum Gasteiger partial charge on any atom is 0.306 e. The first-order valence-corrected chi connectivity index (χ1v) is 9.45. The van der Waals surface area contributed by atoms with E-state index in [4.69, 9.17) is 4.74 Å². The van der Waals surface area contributed by atoms with Crippen LogP contribution in [0.3, 0.4) is 0 Å². The molecule has 3 rings (SSSR count). The van der Waals surface area contributed by atoms with Crippen molar-refractivity contribution >= 4 is 28.2 Å². The molecule has 0 radical (unpaired) electrons. The van der Waals surface area contributed by atoms with Crippen LogP contribution in [0, 0.1) is 11.3 Å². The lowest BCUT2D eigenvalue weighted by Gasteiger charge is -2.11. The number of rotatable bonds is 6. The summed E-state index contributed by atoms with van der Waals surface area (Å²) in [6.07, 6.45) is 3.11. The number of nitriles is 1. The highest BCUT2D eigenvalue weighted by atomic mass is 32.1. The first-order chi connectivity index (χ1) is 12.6. The Bertz CT molecular complexity index is 852. The van der Waals surface area contributed by atoms with E-state index in [9.17, 15) is 14.9 Å². The molecule has 6 heteroatoms. The van der Waals surface area contributed by atoms with Gasteiger partial charge < -0.3 is 10.1 Å². The molecule has 26 heavy (non-hydrogen) atoms. The van der Waals surface area contributed by atoms with E-state index in [1.807, 2.05) is 37.3 Å². The van der Waals surface area contributed by atoms with Crippen molar-refractivity contribution in [2.24, 2.45) is 0 Å². The number of carbonyl (C=O) groups is 2. The maximum absolute atomic E-state index is 12.1. The molecule has 0 bridgehead atoms. The minimum atomic E-state index is -0.415. The zero-order valence-electron chi connectivity index (χ0n) is 14.6. The van der Waals surface area contributed by atoms with E-state index in [1.54, 1.807) is 0 Å². The number of nitrogens with one attached hydrogen (secondary N) is 1. The summed E-state index contributed by atoms with van der Waals surface area (Å²) < 4.78 is 5.09. The highest BCUT2D eigenvalue weighted by Gasteiger charge is 2.23. The fourth-order valence-electron chi connectivity index (χ4n) is 3.13. The van der Waals surface area contributed by atoms with Gasteiger partial charge in [0.2, 0.25) is 0 Å². The average molecular weight is 368 g/mol. The van der Waals surface area contributed by atoms with Crippen LogP contribution in [0.2, 0.25) is 0 Å². The van der Waals surface area contributed by atoms with Crippen LogP contribution in [-0.2, 0) is 27.2 Å². The van der Waals surface area contributed by atoms with E-state index < -0.39 is 11.9 Å². The van der Waals surface area contributed by atoms with Gasteiger partial charge in [-0.15, -0.1) is 11.3 Å². The molecule has 1 heterocycles. The molecule has 0 unspecified atom stereocenters. The Hall–Kier alpha value is -2.65. The first kappa shape index (κ1) is 18.2. The molecule has 0 fully saturated rings. The van der Waals surface area contributed by atoms with Gasteiger partial charge in [-0.2, -0.15) is 5.26 Å². The summed E-state index contributed by atoms with van der Waals surface area (Å²) in [7, 11) is 0. The van der Waals surface area contributed by atoms with Crippen LogP contribution >= 0.6 is 11.3 Å². The number of carbonyl (C=O) groups excluding carboxylic acids is 2. The SMILES string of the molecule is C[C@H](CC(=O)OCC(=O)Nc1sc2c(c1C#N)CCC2)c1ccccc1. The molecule has 1 aromatic heterocycles. The number of nitrogens with zero attached hydrogens (tertiary/aromatic N) is 1. The van der Waals surface area contributed by atoms with Crippen molar-refractivity contribution in [1.29, 1.82) is 5.26 Å². The van der Waals surface area contributed by atoms with Crippen LogP contribution < -0.4 is 5.32 Å². The lowest BCUT2D eigenvalue weighted by molar-refractivity contribution is -0.147. The number of hydrogen-bond donors (Lipinski definition) is 1. The van der Waals surface area contributed by atoms with Gasteiger partial charge in [-0.1, -0.05) is 37.3 Å². The topological polar surface area (TPSA) is 79.2 Å². The molecule has 1 N–H and O–H groups in total. The molecule has 5 nitrogen and oxygen atoms in total. The smallest absolute Gasteiger partial charge is 0.306 e. The normalized spacial score (nSPS) is 13.5. The van der Waals surface area contributed by atoms with E-state index in [-0.39, 0.29) is 18.9 Å². The van der Waals surface area contributed by atoms with Gasteiger partial charge >= 0.3 is 5.97 Å². The van der Waals surface area contributed by atoms with Crippen molar-refractivity contribution in [2.45, 2.75) is 38.5 Å². The molecule has 1 aliphatic carbocycles. The van der Waals surface area contributed by atoms with Gasteiger partial charge in [0.15, 0.2) is 6.61 Å². The van der Waals surface area contributed by atoms with E-state index in [0.29, 0.717) is 10.6 Å². The number of amides is 1. The number of anilines is 1. The molecule has 1 atom stereocenters. The lowest BCUT2D eigenvalue weighted by Crippen LogP contribution is -2.21. The molecule has 0 saturated heterocycles. The van der Waals surface area contributed by atoms with Crippen molar-refractivity contribution in [1.82, 2.24) is 0 Å². The predicted molar refractivity (Wildman–Crippen MR) is 100 cm³/mol. The first-order valence-electron chi connectivity index (χ1n) is 8.63. The van der Waals surface area contributed by atoms with Gasteiger partial charge in [-0.25, -0.2) is 0 Å². The third-order valence-corrected chi connectivity index (χ3v) is 5.70. The van der Waals surface area contributed by atoms with E-state index in [1.165, 1.54) is 16.2 Å². The number of ether oxygens (including phenoxy) is 1. The van der Waals surface area contributed by atoms with Gasteiger partial charge in [0.05, 0.1) is 12.0 Å². The molecule has 0 spiro atoms. The van der Waals surface area contributed by atoms with Crippen molar-refractivity contribution in [3.05, 3.63) is 51.9 Å². The highest BCUT2D eigenvalue weighted by Crippen LogP contribution is 2.38. The summed E-state index contributed by atoms with van der Waals surface area (Å²) in [5.74, 6) is -0.801. The second-order valence-electron chi connectivity index (χ2n) is 6.40. The van der Waals surface area contributed by atoms with Gasteiger partial charge in [-0.05, 0) is 36.3 Å². The Balaban J connectivity index is 1.50. The van der Waals surface area contributed by atoms with Gasteiger partial charge in [0, 0.05) is 4.88 Å². The van der Waals surface area contributed by atoms with Crippen molar-refractivity contribution in [3.8, 4) is 6.07 Å². The van der Waals surface area contributed by atoms with Crippen LogP contribution in [0.5, 0.6) is 0 Å². The minimum absolute atomic E-state index is 0.0252. The quantitative estimate of drug-likeness (QED) is 0.787. The summed E-state index contributed by atoms with van der Waals surface area (Å²) in [5, 5.41) is 12.6. The largest absolute Gasteiger partial charge is 0.456 e. The Morgan fingerprint density at radius 2 is 2.08 bits per heavy atom. The Labute approximate surface area is 156 Å². The summed E-state index contributed by atoms with van der Waals surface area (Å²) in [5.41, 5.74) is 2.67. The number of hydrogen-bond acceptors (Lipinski definition) is 5. The van der Waals surface area contributed by atoms with E-state index >= 15 is 0 Å². The second kappa shape index (κ2) is 8.15. The Morgan fingerprint density at radius 1 is 1.31 bits per heavy atom. The average Bonchev–Trinajstić information content (AvgIpc) is 3.21. The summed E-state index contributed by atoms with van der Waals surface area (Å²) >= 11 is 1.45. The summed E-state index contributed by atoms with van der Waals surface area (Å²) in [6.45, 7) is 1.61.